The Balaban J connectivity index is 1.52. The smallest absolute Gasteiger partial charge is 0.246 e. The fourth-order valence-corrected chi connectivity index (χ4v) is 3.05. The normalized spacial score (nSPS) is 10.9. The van der Waals surface area contributed by atoms with Gasteiger partial charge in [-0.2, -0.15) is 4.98 Å². The summed E-state index contributed by atoms with van der Waals surface area (Å²) in [6.07, 6.45) is 0.368. The Morgan fingerprint density at radius 1 is 1.38 bits per heavy atom. The highest BCUT2D eigenvalue weighted by Gasteiger charge is 2.15. The lowest BCUT2D eigenvalue weighted by atomic mass is 10.1. The van der Waals surface area contributed by atoms with Gasteiger partial charge in [-0.1, -0.05) is 40.7 Å². The van der Waals surface area contributed by atoms with E-state index >= 15 is 0 Å². The van der Waals surface area contributed by atoms with Gasteiger partial charge in [0.25, 0.3) is 0 Å². The topological polar surface area (TPSA) is 103 Å². The highest BCUT2D eigenvalue weighted by Crippen LogP contribution is 2.18. The minimum atomic E-state index is -0.0112. The molecule has 1 amide bonds. The van der Waals surface area contributed by atoms with Crippen LogP contribution < -0.4 is 0 Å². The maximum absolute atomic E-state index is 12.2. The summed E-state index contributed by atoms with van der Waals surface area (Å²) in [4.78, 5) is 18.2. The molecule has 0 bridgehead atoms. The van der Waals surface area contributed by atoms with Crippen LogP contribution in [0, 0.1) is 6.92 Å². The third-order valence-corrected chi connectivity index (χ3v) is 4.68. The van der Waals surface area contributed by atoms with Crippen LogP contribution >= 0.6 is 11.8 Å². The highest BCUT2D eigenvalue weighted by atomic mass is 32.2. The zero-order valence-corrected chi connectivity index (χ0v) is 15.6. The number of aromatic nitrogens is 6. The van der Waals surface area contributed by atoms with Gasteiger partial charge in [-0.25, -0.2) is 4.68 Å². The van der Waals surface area contributed by atoms with E-state index in [2.05, 4.69) is 25.7 Å². The molecule has 0 fully saturated rings. The van der Waals surface area contributed by atoms with Crippen LogP contribution in [0.1, 0.15) is 17.9 Å². The lowest BCUT2D eigenvalue weighted by molar-refractivity contribution is -0.130. The fraction of sp³-hybridized carbons (Fsp3) is 0.375. The number of tetrazole rings is 1. The molecule has 0 aliphatic heterocycles. The Labute approximate surface area is 154 Å². The van der Waals surface area contributed by atoms with E-state index in [1.807, 2.05) is 31.2 Å². The van der Waals surface area contributed by atoms with E-state index in [4.69, 9.17) is 4.52 Å². The molecule has 26 heavy (non-hydrogen) atoms. The van der Waals surface area contributed by atoms with Crippen LogP contribution in [0.5, 0.6) is 0 Å². The SMILES string of the molecule is Cc1cccc(-c2noc(CN(C)C(=O)CCSc3nnnn3C)n2)c1. The van der Waals surface area contributed by atoms with Crippen molar-refractivity contribution >= 4 is 17.7 Å². The quantitative estimate of drug-likeness (QED) is 0.577. The summed E-state index contributed by atoms with van der Waals surface area (Å²) in [5.41, 5.74) is 2.01. The van der Waals surface area contributed by atoms with E-state index < -0.39 is 0 Å². The first-order valence-corrected chi connectivity index (χ1v) is 9.00. The summed E-state index contributed by atoms with van der Waals surface area (Å²) in [6, 6.07) is 7.86. The standard InChI is InChI=1S/C16H19N7O2S/c1-11-5-4-6-12(9-11)15-17-13(25-19-15)10-22(2)14(24)7-8-26-16-18-20-21-23(16)3/h4-6,9H,7-8,10H2,1-3H3. The Bertz CT molecular complexity index is 892. The summed E-state index contributed by atoms with van der Waals surface area (Å²) in [7, 11) is 3.48. The molecule has 3 rings (SSSR count). The molecule has 0 aliphatic carbocycles. The van der Waals surface area contributed by atoms with E-state index in [0.717, 1.165) is 11.1 Å². The van der Waals surface area contributed by atoms with Gasteiger partial charge in [0.2, 0.25) is 22.8 Å². The third-order valence-electron chi connectivity index (χ3n) is 3.67. The van der Waals surface area contributed by atoms with Crippen molar-refractivity contribution in [2.24, 2.45) is 7.05 Å². The van der Waals surface area contributed by atoms with Gasteiger partial charge >= 0.3 is 0 Å². The number of nitrogens with zero attached hydrogens (tertiary/aromatic N) is 7. The Hall–Kier alpha value is -2.75. The van der Waals surface area contributed by atoms with E-state index in [-0.39, 0.29) is 12.5 Å². The number of carbonyl (C=O) groups excluding carboxylic acids is 1. The molecule has 1 aromatic carbocycles. The van der Waals surface area contributed by atoms with E-state index in [1.165, 1.54) is 11.8 Å². The van der Waals surface area contributed by atoms with Crippen molar-refractivity contribution in [3.8, 4) is 11.4 Å². The van der Waals surface area contributed by atoms with Gasteiger partial charge in [0, 0.05) is 31.8 Å². The molecule has 3 aromatic rings. The number of thioether (sulfide) groups is 1. The second-order valence-electron chi connectivity index (χ2n) is 5.81. The van der Waals surface area contributed by atoms with Crippen molar-refractivity contribution in [2.75, 3.05) is 12.8 Å². The molecule has 0 radical (unpaired) electrons. The van der Waals surface area contributed by atoms with Crippen LogP contribution in [0.4, 0.5) is 0 Å². The second-order valence-corrected chi connectivity index (χ2v) is 6.88. The zero-order chi connectivity index (χ0) is 18.5. The summed E-state index contributed by atoms with van der Waals surface area (Å²) >= 11 is 1.44. The Morgan fingerprint density at radius 3 is 2.96 bits per heavy atom. The van der Waals surface area contributed by atoms with Crippen molar-refractivity contribution in [1.29, 1.82) is 0 Å². The van der Waals surface area contributed by atoms with Crippen LogP contribution in [-0.4, -0.2) is 54.0 Å². The molecule has 2 heterocycles. The second kappa shape index (κ2) is 8.09. The number of aryl methyl sites for hydroxylation is 2. The number of rotatable bonds is 7. The first-order chi connectivity index (χ1) is 12.5. The van der Waals surface area contributed by atoms with Crippen LogP contribution in [0.25, 0.3) is 11.4 Å². The van der Waals surface area contributed by atoms with Gasteiger partial charge in [-0.05, 0) is 23.4 Å². The predicted octanol–water partition coefficient (Wildman–Crippen LogP) is 1.71. The number of amides is 1. The summed E-state index contributed by atoms with van der Waals surface area (Å²) in [5.74, 6) is 1.51. The maximum Gasteiger partial charge on any atom is 0.246 e. The molecule has 9 nitrogen and oxygen atoms in total. The molecule has 0 saturated heterocycles. The fourth-order valence-electron chi connectivity index (χ4n) is 2.28. The van der Waals surface area contributed by atoms with Gasteiger partial charge in [0.1, 0.15) is 0 Å². The van der Waals surface area contributed by atoms with E-state index in [1.54, 1.807) is 23.7 Å². The van der Waals surface area contributed by atoms with Gasteiger partial charge in [-0.3, -0.25) is 4.79 Å². The molecule has 0 atom stereocenters. The minimum Gasteiger partial charge on any atom is -0.337 e. The van der Waals surface area contributed by atoms with Crippen LogP contribution in [-0.2, 0) is 18.4 Å². The molecule has 0 saturated carbocycles. The highest BCUT2D eigenvalue weighted by molar-refractivity contribution is 7.99. The third kappa shape index (κ3) is 4.45. The molecule has 136 valence electrons. The van der Waals surface area contributed by atoms with Crippen molar-refractivity contribution in [2.45, 2.75) is 25.0 Å². The summed E-state index contributed by atoms with van der Waals surface area (Å²) in [6.45, 7) is 2.28. The van der Waals surface area contributed by atoms with E-state index in [0.29, 0.717) is 29.0 Å². The number of carbonyl (C=O) groups is 1. The average molecular weight is 373 g/mol. The van der Waals surface area contributed by atoms with E-state index in [9.17, 15) is 4.79 Å². The van der Waals surface area contributed by atoms with Crippen LogP contribution in [0.3, 0.4) is 0 Å². The van der Waals surface area contributed by atoms with Crippen LogP contribution in [0.2, 0.25) is 0 Å². The lowest BCUT2D eigenvalue weighted by Gasteiger charge is -2.14. The zero-order valence-electron chi connectivity index (χ0n) is 14.8. The van der Waals surface area contributed by atoms with Crippen molar-refractivity contribution < 1.29 is 9.32 Å². The molecular weight excluding hydrogens is 354 g/mol. The number of benzene rings is 1. The van der Waals surface area contributed by atoms with Crippen molar-refractivity contribution in [1.82, 2.24) is 35.2 Å². The number of hydrogen-bond donors (Lipinski definition) is 0. The molecule has 0 spiro atoms. The molecule has 10 heteroatoms. The predicted molar refractivity (Wildman–Crippen MR) is 95.1 cm³/mol. The average Bonchev–Trinajstić information content (AvgIpc) is 3.24. The summed E-state index contributed by atoms with van der Waals surface area (Å²) in [5, 5.41) is 15.9. The monoisotopic (exact) mass is 373 g/mol. The van der Waals surface area contributed by atoms with Crippen LogP contribution in [0.15, 0.2) is 33.9 Å². The minimum absolute atomic E-state index is 0.0112. The first kappa shape index (κ1) is 18.1. The molecule has 2 aromatic heterocycles. The lowest BCUT2D eigenvalue weighted by Crippen LogP contribution is -2.26. The Kier molecular flexibility index (Phi) is 5.61. The largest absolute Gasteiger partial charge is 0.337 e. The Morgan fingerprint density at radius 2 is 2.23 bits per heavy atom. The first-order valence-electron chi connectivity index (χ1n) is 8.01. The van der Waals surface area contributed by atoms with Gasteiger partial charge in [0.15, 0.2) is 0 Å². The molecule has 0 aliphatic rings. The van der Waals surface area contributed by atoms with Crippen molar-refractivity contribution in [3.63, 3.8) is 0 Å². The molecule has 0 unspecified atom stereocenters. The molecular formula is C16H19N7O2S. The molecule has 0 N–H and O–H groups in total. The van der Waals surface area contributed by atoms with Crippen molar-refractivity contribution in [3.05, 3.63) is 35.7 Å². The van der Waals surface area contributed by atoms with Gasteiger partial charge < -0.3 is 9.42 Å². The summed E-state index contributed by atoms with van der Waals surface area (Å²) < 4.78 is 6.84. The van der Waals surface area contributed by atoms with Gasteiger partial charge in [-0.15, -0.1) is 5.10 Å². The maximum atomic E-state index is 12.2. The van der Waals surface area contributed by atoms with Gasteiger partial charge in [0.05, 0.1) is 6.54 Å². The number of hydrogen-bond acceptors (Lipinski definition) is 8.